The number of nitrogens with two attached hydrogens (primary N) is 1. The maximum absolute atomic E-state index is 13.4. The number of nitrogens with one attached hydrogen (secondary N) is 2. The molecule has 1 saturated heterocycles. The van der Waals surface area contributed by atoms with Crippen LogP contribution in [-0.2, 0) is 25.6 Å². The van der Waals surface area contributed by atoms with Crippen LogP contribution in [0.3, 0.4) is 0 Å². The average Bonchev–Trinajstić information content (AvgIpc) is 3.26. The van der Waals surface area contributed by atoms with Gasteiger partial charge in [-0.2, -0.15) is 0 Å². The second kappa shape index (κ2) is 11.6. The lowest BCUT2D eigenvalue weighted by Crippen LogP contribution is -2.58. The molecule has 11 heteroatoms. The number of carboxylic acids is 1. The van der Waals surface area contributed by atoms with Crippen LogP contribution in [0.2, 0.25) is 0 Å². The van der Waals surface area contributed by atoms with Crippen molar-refractivity contribution in [2.75, 3.05) is 13.2 Å². The van der Waals surface area contributed by atoms with Crippen molar-refractivity contribution in [3.05, 3.63) is 29.8 Å². The first-order chi connectivity index (χ1) is 15.5. The summed E-state index contributed by atoms with van der Waals surface area (Å²) in [5.74, 6) is -3.27. The second-order valence-corrected chi connectivity index (χ2v) is 8.48. The Morgan fingerprint density at radius 3 is 2.33 bits per heavy atom. The van der Waals surface area contributed by atoms with Crippen LogP contribution < -0.4 is 16.4 Å². The molecule has 0 aromatic heterocycles. The van der Waals surface area contributed by atoms with Gasteiger partial charge < -0.3 is 36.6 Å². The van der Waals surface area contributed by atoms with Crippen LogP contribution in [-0.4, -0.2) is 81.2 Å². The number of carbonyl (C=O) groups excluding carboxylic acids is 3. The Morgan fingerprint density at radius 1 is 1.15 bits per heavy atom. The number of nitrogens with zero attached hydrogens (tertiary/aromatic N) is 1. The molecular formula is C22H32N4O7. The van der Waals surface area contributed by atoms with Crippen LogP contribution in [0.1, 0.15) is 32.3 Å². The number of amides is 3. The van der Waals surface area contributed by atoms with Crippen LogP contribution in [0.5, 0.6) is 5.75 Å². The van der Waals surface area contributed by atoms with Crippen LogP contribution in [0.15, 0.2) is 24.3 Å². The number of phenolic OH excluding ortho intramolecular Hbond substituents is 1. The van der Waals surface area contributed by atoms with Gasteiger partial charge in [0.25, 0.3) is 0 Å². The van der Waals surface area contributed by atoms with Crippen molar-refractivity contribution >= 4 is 23.7 Å². The number of aliphatic hydroxyl groups is 1. The Morgan fingerprint density at radius 2 is 1.79 bits per heavy atom. The summed E-state index contributed by atoms with van der Waals surface area (Å²) in [5, 5.41) is 33.1. The lowest BCUT2D eigenvalue weighted by molar-refractivity contribution is -0.145. The average molecular weight is 465 g/mol. The normalized spacial score (nSPS) is 18.5. The van der Waals surface area contributed by atoms with Gasteiger partial charge in [-0.05, 0) is 36.5 Å². The van der Waals surface area contributed by atoms with Crippen LogP contribution >= 0.6 is 0 Å². The zero-order valence-electron chi connectivity index (χ0n) is 18.7. The number of aromatic hydroxyl groups is 1. The highest BCUT2D eigenvalue weighted by Crippen LogP contribution is 2.21. The smallest absolute Gasteiger partial charge is 0.326 e. The number of rotatable bonds is 10. The lowest BCUT2D eigenvalue weighted by atomic mass is 10.0. The monoisotopic (exact) mass is 464 g/mol. The van der Waals surface area contributed by atoms with Crippen molar-refractivity contribution in [1.29, 1.82) is 0 Å². The summed E-state index contributed by atoms with van der Waals surface area (Å²) in [7, 11) is 0. The number of hydrogen-bond donors (Lipinski definition) is 6. The van der Waals surface area contributed by atoms with Gasteiger partial charge in [-0.3, -0.25) is 14.4 Å². The first kappa shape index (κ1) is 26.1. The van der Waals surface area contributed by atoms with E-state index in [0.29, 0.717) is 18.4 Å². The predicted octanol–water partition coefficient (Wildman–Crippen LogP) is -1.04. The fraction of sp³-hybridized carbons (Fsp3) is 0.545. The van der Waals surface area contributed by atoms with Gasteiger partial charge in [-0.25, -0.2) is 4.79 Å². The van der Waals surface area contributed by atoms with E-state index in [1.54, 1.807) is 26.0 Å². The summed E-state index contributed by atoms with van der Waals surface area (Å²) in [4.78, 5) is 51.3. The van der Waals surface area contributed by atoms with E-state index in [-0.39, 0.29) is 24.6 Å². The van der Waals surface area contributed by atoms with Crippen LogP contribution in [0.4, 0.5) is 0 Å². The van der Waals surface area contributed by atoms with Gasteiger partial charge >= 0.3 is 5.97 Å². The van der Waals surface area contributed by atoms with Gasteiger partial charge in [-0.1, -0.05) is 26.0 Å². The SMILES string of the molecule is CC(C)C(NC(=O)C1CCCN1C(=O)C(Cc1ccc(O)cc1)NC(=O)C(N)CO)C(=O)O. The van der Waals surface area contributed by atoms with E-state index in [4.69, 9.17) is 10.8 Å². The van der Waals surface area contributed by atoms with Crippen molar-refractivity contribution in [2.24, 2.45) is 11.7 Å². The molecule has 1 fully saturated rings. The highest BCUT2D eigenvalue weighted by molar-refractivity contribution is 5.94. The highest BCUT2D eigenvalue weighted by atomic mass is 16.4. The Labute approximate surface area is 191 Å². The number of hydrogen-bond acceptors (Lipinski definition) is 7. The minimum atomic E-state index is -1.22. The molecule has 1 aromatic rings. The van der Waals surface area contributed by atoms with Crippen LogP contribution in [0.25, 0.3) is 0 Å². The Kier molecular flexibility index (Phi) is 9.18. The Bertz CT molecular complexity index is 859. The molecule has 182 valence electrons. The molecule has 1 heterocycles. The molecule has 0 bridgehead atoms. The number of aliphatic hydroxyl groups excluding tert-OH is 1. The third kappa shape index (κ3) is 6.90. The third-order valence-corrected chi connectivity index (χ3v) is 5.59. The topological polar surface area (TPSA) is 182 Å². The fourth-order valence-corrected chi connectivity index (χ4v) is 3.70. The van der Waals surface area contributed by atoms with E-state index in [0.717, 1.165) is 0 Å². The molecule has 4 atom stereocenters. The van der Waals surface area contributed by atoms with E-state index in [1.165, 1.54) is 17.0 Å². The van der Waals surface area contributed by atoms with Gasteiger partial charge in [0.15, 0.2) is 0 Å². The number of carbonyl (C=O) groups is 4. The van der Waals surface area contributed by atoms with Crippen molar-refractivity contribution in [3.8, 4) is 5.75 Å². The summed E-state index contributed by atoms with van der Waals surface area (Å²) in [6.07, 6.45) is 0.967. The van der Waals surface area contributed by atoms with E-state index in [1.807, 2.05) is 0 Å². The minimum absolute atomic E-state index is 0.0439. The van der Waals surface area contributed by atoms with Crippen molar-refractivity contribution < 1.29 is 34.5 Å². The van der Waals surface area contributed by atoms with Crippen molar-refractivity contribution in [2.45, 2.75) is 57.3 Å². The number of likely N-dealkylation sites (tertiary alicyclic amines) is 1. The maximum Gasteiger partial charge on any atom is 0.326 e. The third-order valence-electron chi connectivity index (χ3n) is 5.59. The van der Waals surface area contributed by atoms with Gasteiger partial charge in [0, 0.05) is 13.0 Å². The standard InChI is InChI=1S/C22H32N4O7/c1-12(2)18(22(32)33)25-20(30)17-4-3-9-26(17)21(31)16(24-19(29)15(23)11-27)10-13-5-7-14(28)8-6-13/h5-8,12,15-18,27-28H,3-4,9-11,23H2,1-2H3,(H,24,29)(H,25,30)(H,32,33). The molecule has 7 N–H and O–H groups in total. The minimum Gasteiger partial charge on any atom is -0.508 e. The number of benzene rings is 1. The summed E-state index contributed by atoms with van der Waals surface area (Å²) in [5.41, 5.74) is 6.23. The maximum atomic E-state index is 13.4. The molecule has 1 aliphatic rings. The second-order valence-electron chi connectivity index (χ2n) is 8.48. The Hall–Kier alpha value is -3.18. The summed E-state index contributed by atoms with van der Waals surface area (Å²) in [6, 6.07) is 1.83. The lowest BCUT2D eigenvalue weighted by Gasteiger charge is -2.30. The zero-order valence-corrected chi connectivity index (χ0v) is 18.7. The number of aliphatic carboxylic acids is 1. The largest absolute Gasteiger partial charge is 0.508 e. The molecule has 11 nitrogen and oxygen atoms in total. The van der Waals surface area contributed by atoms with E-state index >= 15 is 0 Å². The van der Waals surface area contributed by atoms with Crippen molar-refractivity contribution in [3.63, 3.8) is 0 Å². The Balaban J connectivity index is 2.23. The number of phenols is 1. The molecule has 1 aromatic carbocycles. The van der Waals surface area contributed by atoms with Gasteiger partial charge in [0.05, 0.1) is 6.61 Å². The molecule has 4 unspecified atom stereocenters. The molecule has 0 saturated carbocycles. The van der Waals surface area contributed by atoms with E-state index in [9.17, 15) is 29.4 Å². The van der Waals surface area contributed by atoms with E-state index < -0.39 is 54.5 Å². The van der Waals surface area contributed by atoms with Gasteiger partial charge in [0.1, 0.15) is 29.9 Å². The highest BCUT2D eigenvalue weighted by Gasteiger charge is 2.39. The molecule has 33 heavy (non-hydrogen) atoms. The van der Waals surface area contributed by atoms with Crippen molar-refractivity contribution in [1.82, 2.24) is 15.5 Å². The molecule has 0 radical (unpaired) electrons. The predicted molar refractivity (Wildman–Crippen MR) is 118 cm³/mol. The molecule has 1 aliphatic heterocycles. The zero-order chi connectivity index (χ0) is 24.7. The quantitative estimate of drug-likeness (QED) is 0.254. The summed E-state index contributed by atoms with van der Waals surface area (Å²) >= 11 is 0. The molecule has 0 aliphatic carbocycles. The van der Waals surface area contributed by atoms with E-state index in [2.05, 4.69) is 10.6 Å². The molecule has 3 amide bonds. The number of carboxylic acid groups (broad SMARTS) is 1. The molecule has 0 spiro atoms. The van der Waals surface area contributed by atoms with Gasteiger partial charge in [0.2, 0.25) is 17.7 Å². The molecule has 2 rings (SSSR count). The fourth-order valence-electron chi connectivity index (χ4n) is 3.70. The first-order valence-corrected chi connectivity index (χ1v) is 10.8. The van der Waals surface area contributed by atoms with Crippen LogP contribution in [0, 0.1) is 5.92 Å². The summed E-state index contributed by atoms with van der Waals surface area (Å²) < 4.78 is 0. The first-order valence-electron chi connectivity index (χ1n) is 10.8. The summed E-state index contributed by atoms with van der Waals surface area (Å²) in [6.45, 7) is 3.01. The van der Waals surface area contributed by atoms with Gasteiger partial charge in [-0.15, -0.1) is 0 Å². The molecular weight excluding hydrogens is 432 g/mol.